The fraction of sp³-hybridized carbons (Fsp3) is 1.00. The number of hydrogen-bond donors (Lipinski definition) is 2. The van der Waals surface area contributed by atoms with Crippen LogP contribution in [0.25, 0.3) is 0 Å². The Hall–Kier alpha value is -0.170. The summed E-state index contributed by atoms with van der Waals surface area (Å²) in [6.45, 7) is 5.34. The Morgan fingerprint density at radius 3 is 2.20 bits per heavy atom. The van der Waals surface area contributed by atoms with Crippen molar-refractivity contribution in [2.24, 2.45) is 0 Å². The highest BCUT2D eigenvalue weighted by molar-refractivity contribution is 7.87. The van der Waals surface area contributed by atoms with Gasteiger partial charge in [0.2, 0.25) is 0 Å². The Kier molecular flexibility index (Phi) is 3.03. The van der Waals surface area contributed by atoms with E-state index >= 15 is 0 Å². The van der Waals surface area contributed by atoms with Gasteiger partial charge in [-0.3, -0.25) is 0 Å². The van der Waals surface area contributed by atoms with Crippen LogP contribution in [0.1, 0.15) is 26.7 Å². The SMILES string of the molecule is CC1CNCC(C)N1S(=O)(=O)NC1CC1. The van der Waals surface area contributed by atoms with E-state index in [1.165, 1.54) is 0 Å². The van der Waals surface area contributed by atoms with E-state index < -0.39 is 10.2 Å². The van der Waals surface area contributed by atoms with Crippen molar-refractivity contribution < 1.29 is 8.42 Å². The van der Waals surface area contributed by atoms with Crippen molar-refractivity contribution in [3.8, 4) is 0 Å². The minimum Gasteiger partial charge on any atom is -0.314 e. The first kappa shape index (κ1) is 11.3. The minimum atomic E-state index is -3.28. The first-order chi connectivity index (χ1) is 7.00. The zero-order valence-corrected chi connectivity index (χ0v) is 10.0. The largest absolute Gasteiger partial charge is 0.314 e. The fourth-order valence-corrected chi connectivity index (χ4v) is 3.94. The Balaban J connectivity index is 2.11. The number of nitrogens with one attached hydrogen (secondary N) is 2. The minimum absolute atomic E-state index is 0.0324. The van der Waals surface area contributed by atoms with Crippen molar-refractivity contribution in [1.29, 1.82) is 0 Å². The molecule has 6 heteroatoms. The predicted molar refractivity (Wildman–Crippen MR) is 58.7 cm³/mol. The van der Waals surface area contributed by atoms with Crippen molar-refractivity contribution in [1.82, 2.24) is 14.3 Å². The van der Waals surface area contributed by atoms with Gasteiger partial charge in [0.15, 0.2) is 0 Å². The van der Waals surface area contributed by atoms with Crippen molar-refractivity contribution in [3.05, 3.63) is 0 Å². The van der Waals surface area contributed by atoms with E-state index in [1.54, 1.807) is 4.31 Å². The summed E-state index contributed by atoms with van der Waals surface area (Å²) < 4.78 is 28.4. The maximum atomic E-state index is 12.0. The molecule has 2 unspecified atom stereocenters. The van der Waals surface area contributed by atoms with Gasteiger partial charge in [0.1, 0.15) is 0 Å². The van der Waals surface area contributed by atoms with Gasteiger partial charge in [-0.05, 0) is 26.7 Å². The highest BCUT2D eigenvalue weighted by Gasteiger charge is 2.37. The fourth-order valence-electron chi connectivity index (χ4n) is 2.06. The molecule has 0 aromatic heterocycles. The average molecular weight is 233 g/mol. The van der Waals surface area contributed by atoms with Gasteiger partial charge in [-0.15, -0.1) is 0 Å². The molecule has 1 saturated heterocycles. The van der Waals surface area contributed by atoms with Crippen LogP contribution in [0.2, 0.25) is 0 Å². The first-order valence-corrected chi connectivity index (χ1v) is 6.96. The van der Waals surface area contributed by atoms with Gasteiger partial charge in [0.25, 0.3) is 10.2 Å². The third-order valence-electron chi connectivity index (χ3n) is 2.92. The summed E-state index contributed by atoms with van der Waals surface area (Å²) in [5.41, 5.74) is 0. The van der Waals surface area contributed by atoms with Crippen LogP contribution in [0, 0.1) is 0 Å². The normalized spacial score (nSPS) is 34.3. The molecule has 88 valence electrons. The van der Waals surface area contributed by atoms with Crippen LogP contribution in [0.3, 0.4) is 0 Å². The van der Waals surface area contributed by atoms with Gasteiger partial charge >= 0.3 is 0 Å². The Morgan fingerprint density at radius 1 is 1.20 bits per heavy atom. The van der Waals surface area contributed by atoms with E-state index in [1.807, 2.05) is 13.8 Å². The second kappa shape index (κ2) is 4.01. The van der Waals surface area contributed by atoms with Gasteiger partial charge in [0.05, 0.1) is 0 Å². The number of nitrogens with zero attached hydrogens (tertiary/aromatic N) is 1. The van der Waals surface area contributed by atoms with E-state index in [0.717, 1.165) is 25.9 Å². The molecule has 2 aliphatic rings. The monoisotopic (exact) mass is 233 g/mol. The zero-order valence-electron chi connectivity index (χ0n) is 9.23. The van der Waals surface area contributed by atoms with Crippen molar-refractivity contribution in [2.75, 3.05) is 13.1 Å². The first-order valence-electron chi connectivity index (χ1n) is 5.52. The van der Waals surface area contributed by atoms with Crippen LogP contribution >= 0.6 is 0 Å². The summed E-state index contributed by atoms with van der Waals surface area (Å²) in [4.78, 5) is 0. The molecule has 0 radical (unpaired) electrons. The molecule has 0 amide bonds. The molecule has 1 aliphatic carbocycles. The van der Waals surface area contributed by atoms with Gasteiger partial charge in [-0.1, -0.05) is 0 Å². The Bertz CT molecular complexity index is 316. The van der Waals surface area contributed by atoms with E-state index in [2.05, 4.69) is 10.0 Å². The lowest BCUT2D eigenvalue weighted by molar-refractivity contribution is 0.217. The van der Waals surface area contributed by atoms with Gasteiger partial charge < -0.3 is 5.32 Å². The standard InChI is InChI=1S/C9H19N3O2S/c1-7-5-10-6-8(2)12(7)15(13,14)11-9-3-4-9/h7-11H,3-6H2,1-2H3. The topological polar surface area (TPSA) is 61.4 Å². The maximum Gasteiger partial charge on any atom is 0.280 e. The summed E-state index contributed by atoms with van der Waals surface area (Å²) in [5, 5.41) is 3.22. The summed E-state index contributed by atoms with van der Waals surface area (Å²) >= 11 is 0. The molecule has 2 atom stereocenters. The van der Waals surface area contributed by atoms with Gasteiger partial charge in [0, 0.05) is 31.2 Å². The molecule has 0 aromatic carbocycles. The van der Waals surface area contributed by atoms with Crippen molar-refractivity contribution in [2.45, 2.75) is 44.8 Å². The highest BCUT2D eigenvalue weighted by Crippen LogP contribution is 2.22. The molecule has 1 aliphatic heterocycles. The molecular weight excluding hydrogens is 214 g/mol. The van der Waals surface area contributed by atoms with E-state index in [0.29, 0.717) is 0 Å². The lowest BCUT2D eigenvalue weighted by Crippen LogP contribution is -2.59. The molecule has 0 aromatic rings. The third kappa shape index (κ3) is 2.50. The maximum absolute atomic E-state index is 12.0. The molecule has 1 saturated carbocycles. The molecule has 5 nitrogen and oxygen atoms in total. The van der Waals surface area contributed by atoms with Crippen LogP contribution in [-0.2, 0) is 10.2 Å². The highest BCUT2D eigenvalue weighted by atomic mass is 32.2. The van der Waals surface area contributed by atoms with E-state index in [4.69, 9.17) is 0 Å². The second-order valence-electron chi connectivity index (χ2n) is 4.58. The molecule has 2 rings (SSSR count). The molecule has 0 spiro atoms. The lowest BCUT2D eigenvalue weighted by Gasteiger charge is -2.38. The Labute approximate surface area is 91.4 Å². The summed E-state index contributed by atoms with van der Waals surface area (Å²) in [6, 6.07) is 0.249. The van der Waals surface area contributed by atoms with Crippen LogP contribution in [0.4, 0.5) is 0 Å². The van der Waals surface area contributed by atoms with Crippen LogP contribution in [-0.4, -0.2) is 43.9 Å². The number of piperazine rings is 1. The molecule has 1 heterocycles. The molecule has 2 N–H and O–H groups in total. The molecule has 0 bridgehead atoms. The molecular formula is C9H19N3O2S. The molecule has 15 heavy (non-hydrogen) atoms. The van der Waals surface area contributed by atoms with Gasteiger partial charge in [-0.25, -0.2) is 0 Å². The van der Waals surface area contributed by atoms with Crippen molar-refractivity contribution in [3.63, 3.8) is 0 Å². The number of rotatable bonds is 3. The zero-order chi connectivity index (χ0) is 11.1. The third-order valence-corrected chi connectivity index (χ3v) is 4.82. The van der Waals surface area contributed by atoms with Crippen LogP contribution in [0.5, 0.6) is 0 Å². The quantitative estimate of drug-likeness (QED) is 0.701. The van der Waals surface area contributed by atoms with E-state index in [9.17, 15) is 8.42 Å². The lowest BCUT2D eigenvalue weighted by atomic mass is 10.2. The van der Waals surface area contributed by atoms with Crippen molar-refractivity contribution >= 4 is 10.2 Å². The predicted octanol–water partition coefficient (Wildman–Crippen LogP) is -0.335. The average Bonchev–Trinajstić information content (AvgIpc) is 2.86. The summed E-state index contributed by atoms with van der Waals surface area (Å²) in [7, 11) is -3.28. The van der Waals surface area contributed by atoms with Crippen LogP contribution in [0.15, 0.2) is 0 Å². The summed E-state index contributed by atoms with van der Waals surface area (Å²) in [5.74, 6) is 0. The van der Waals surface area contributed by atoms with E-state index in [-0.39, 0.29) is 18.1 Å². The number of hydrogen-bond acceptors (Lipinski definition) is 3. The smallest absolute Gasteiger partial charge is 0.280 e. The summed E-state index contributed by atoms with van der Waals surface area (Å²) in [6.07, 6.45) is 1.96. The Morgan fingerprint density at radius 2 is 1.73 bits per heavy atom. The second-order valence-corrected chi connectivity index (χ2v) is 6.19. The van der Waals surface area contributed by atoms with Crippen LogP contribution < -0.4 is 10.0 Å². The molecule has 2 fully saturated rings. The van der Waals surface area contributed by atoms with Gasteiger partial charge in [-0.2, -0.15) is 17.4 Å².